The zero-order valence-electron chi connectivity index (χ0n) is 10.6. The minimum Gasteiger partial charge on any atom is -0.335 e. The van der Waals surface area contributed by atoms with E-state index in [0.29, 0.717) is 13.1 Å². The predicted molar refractivity (Wildman–Crippen MR) is 75.0 cm³/mol. The summed E-state index contributed by atoms with van der Waals surface area (Å²) >= 11 is 0. The molecule has 1 aromatic rings. The monoisotopic (exact) mass is 241 g/mol. The topological polar surface area (TPSA) is 20.3 Å². The normalized spacial score (nSPS) is 14.7. The number of hydrogen-bond donors (Lipinski definition) is 0. The van der Waals surface area contributed by atoms with E-state index in [1.54, 1.807) is 6.08 Å². The molecule has 2 nitrogen and oxygen atoms in total. The summed E-state index contributed by atoms with van der Waals surface area (Å²) in [5.41, 5.74) is 1.16. The lowest BCUT2D eigenvalue weighted by Gasteiger charge is -2.19. The number of rotatable bonds is 6. The number of carbonyl (C=O) groups is 1. The molecule has 0 radical (unpaired) electrons. The first kappa shape index (κ1) is 12.6. The Labute approximate surface area is 109 Å². The Morgan fingerprint density at radius 2 is 2.00 bits per heavy atom. The summed E-state index contributed by atoms with van der Waals surface area (Å²) in [6.07, 6.45) is 7.98. The van der Waals surface area contributed by atoms with Gasteiger partial charge in [0.1, 0.15) is 0 Å². The fourth-order valence-corrected chi connectivity index (χ4v) is 1.88. The first-order chi connectivity index (χ1) is 8.81. The van der Waals surface area contributed by atoms with Gasteiger partial charge < -0.3 is 4.90 Å². The molecule has 18 heavy (non-hydrogen) atoms. The number of carbonyl (C=O) groups excluding carboxylic acids is 1. The summed E-state index contributed by atoms with van der Waals surface area (Å²) in [5, 5.41) is 0. The maximum Gasteiger partial charge on any atom is 0.226 e. The van der Waals surface area contributed by atoms with Gasteiger partial charge in [0.2, 0.25) is 5.91 Å². The summed E-state index contributed by atoms with van der Waals surface area (Å²) in [7, 11) is 0. The Morgan fingerprint density at radius 3 is 2.61 bits per heavy atom. The van der Waals surface area contributed by atoms with Crippen LogP contribution in [0.2, 0.25) is 0 Å². The fraction of sp³-hybridized carbons (Fsp3) is 0.312. The number of amides is 1. The Bertz CT molecular complexity index is 432. The number of hydrogen-bond acceptors (Lipinski definition) is 1. The molecule has 1 saturated carbocycles. The highest BCUT2D eigenvalue weighted by molar-refractivity contribution is 5.81. The third kappa shape index (κ3) is 3.59. The highest BCUT2D eigenvalue weighted by atomic mass is 16.2. The maximum absolute atomic E-state index is 12.0. The molecule has 0 aromatic heterocycles. The second-order valence-corrected chi connectivity index (χ2v) is 4.62. The van der Waals surface area contributed by atoms with Crippen molar-refractivity contribution in [1.29, 1.82) is 0 Å². The van der Waals surface area contributed by atoms with Crippen LogP contribution in [-0.2, 0) is 4.79 Å². The van der Waals surface area contributed by atoms with Crippen LogP contribution in [0.4, 0.5) is 0 Å². The molecule has 1 aliphatic rings. The molecule has 0 bridgehead atoms. The van der Waals surface area contributed by atoms with Crippen molar-refractivity contribution in [2.24, 2.45) is 5.92 Å². The van der Waals surface area contributed by atoms with Gasteiger partial charge in [-0.2, -0.15) is 0 Å². The second kappa shape index (κ2) is 6.20. The highest BCUT2D eigenvalue weighted by Crippen LogP contribution is 2.30. The number of nitrogens with zero attached hydrogens (tertiary/aromatic N) is 1. The lowest BCUT2D eigenvalue weighted by atomic mass is 10.2. The van der Waals surface area contributed by atoms with E-state index in [2.05, 4.69) is 24.8 Å². The molecule has 2 rings (SSSR count). The minimum absolute atomic E-state index is 0.271. The molecule has 0 N–H and O–H groups in total. The van der Waals surface area contributed by atoms with Gasteiger partial charge in [0.25, 0.3) is 0 Å². The molecule has 0 heterocycles. The summed E-state index contributed by atoms with van der Waals surface area (Å²) < 4.78 is 0. The van der Waals surface area contributed by atoms with Gasteiger partial charge in [-0.25, -0.2) is 0 Å². The van der Waals surface area contributed by atoms with Crippen LogP contribution in [-0.4, -0.2) is 23.9 Å². The van der Waals surface area contributed by atoms with Crippen molar-refractivity contribution in [2.45, 2.75) is 12.8 Å². The van der Waals surface area contributed by atoms with Crippen LogP contribution in [0.25, 0.3) is 6.08 Å². The molecule has 0 saturated heterocycles. The van der Waals surface area contributed by atoms with E-state index in [-0.39, 0.29) is 11.8 Å². The summed E-state index contributed by atoms with van der Waals surface area (Å²) in [4.78, 5) is 13.8. The quantitative estimate of drug-likeness (QED) is 0.701. The second-order valence-electron chi connectivity index (χ2n) is 4.62. The van der Waals surface area contributed by atoms with Crippen LogP contribution in [0.5, 0.6) is 0 Å². The Hall–Kier alpha value is -1.83. The van der Waals surface area contributed by atoms with Crippen molar-refractivity contribution in [2.75, 3.05) is 13.1 Å². The van der Waals surface area contributed by atoms with Crippen LogP contribution in [0.15, 0.2) is 49.1 Å². The molecule has 1 amide bonds. The zero-order valence-corrected chi connectivity index (χ0v) is 10.6. The number of benzene rings is 1. The van der Waals surface area contributed by atoms with Gasteiger partial charge in [0.15, 0.2) is 0 Å². The minimum atomic E-state index is 0.271. The summed E-state index contributed by atoms with van der Waals surface area (Å²) in [6.45, 7) is 5.01. The smallest absolute Gasteiger partial charge is 0.226 e. The Balaban J connectivity index is 1.90. The molecule has 1 fully saturated rings. The van der Waals surface area contributed by atoms with E-state index in [1.807, 2.05) is 29.2 Å². The standard InChI is InChI=1S/C16H19NO/c1-2-12-17(16(18)15-10-11-15)13-6-9-14-7-4-3-5-8-14/h2-9,15H,1,10-13H2/b9-6+. The van der Waals surface area contributed by atoms with Crippen LogP contribution in [0, 0.1) is 5.92 Å². The van der Waals surface area contributed by atoms with E-state index in [0.717, 1.165) is 18.4 Å². The Kier molecular flexibility index (Phi) is 4.35. The van der Waals surface area contributed by atoms with Crippen molar-refractivity contribution in [3.8, 4) is 0 Å². The molecular formula is C16H19NO. The lowest BCUT2D eigenvalue weighted by Crippen LogP contribution is -2.32. The average Bonchev–Trinajstić information content (AvgIpc) is 3.22. The van der Waals surface area contributed by atoms with Gasteiger partial charge in [-0.1, -0.05) is 48.6 Å². The van der Waals surface area contributed by atoms with E-state index >= 15 is 0 Å². The maximum atomic E-state index is 12.0. The van der Waals surface area contributed by atoms with Crippen molar-refractivity contribution in [1.82, 2.24) is 4.90 Å². The van der Waals surface area contributed by atoms with Crippen molar-refractivity contribution >= 4 is 12.0 Å². The average molecular weight is 241 g/mol. The molecule has 1 aliphatic carbocycles. The lowest BCUT2D eigenvalue weighted by molar-refractivity contribution is -0.131. The SMILES string of the molecule is C=CCN(C/C=C/c1ccccc1)C(=O)C1CC1. The summed E-state index contributed by atoms with van der Waals surface area (Å²) in [6, 6.07) is 10.1. The molecular weight excluding hydrogens is 222 g/mol. The molecule has 2 heteroatoms. The molecule has 0 unspecified atom stereocenters. The molecule has 1 aromatic carbocycles. The van der Waals surface area contributed by atoms with Crippen LogP contribution >= 0.6 is 0 Å². The molecule has 0 atom stereocenters. The van der Waals surface area contributed by atoms with Crippen LogP contribution in [0.3, 0.4) is 0 Å². The third-order valence-corrected chi connectivity index (χ3v) is 3.02. The highest BCUT2D eigenvalue weighted by Gasteiger charge is 2.32. The van der Waals surface area contributed by atoms with E-state index in [1.165, 1.54) is 0 Å². The first-order valence-corrected chi connectivity index (χ1v) is 6.42. The van der Waals surface area contributed by atoms with Crippen molar-refractivity contribution in [3.05, 3.63) is 54.6 Å². The van der Waals surface area contributed by atoms with Crippen molar-refractivity contribution < 1.29 is 4.79 Å². The van der Waals surface area contributed by atoms with E-state index < -0.39 is 0 Å². The predicted octanol–water partition coefficient (Wildman–Crippen LogP) is 3.12. The van der Waals surface area contributed by atoms with Crippen molar-refractivity contribution in [3.63, 3.8) is 0 Å². The molecule has 94 valence electrons. The summed E-state index contributed by atoms with van der Waals surface area (Å²) in [5.74, 6) is 0.544. The van der Waals surface area contributed by atoms with Crippen LogP contribution < -0.4 is 0 Å². The van der Waals surface area contributed by atoms with Gasteiger partial charge in [-0.15, -0.1) is 6.58 Å². The molecule has 0 aliphatic heterocycles. The van der Waals surface area contributed by atoms with Crippen LogP contribution in [0.1, 0.15) is 18.4 Å². The van der Waals surface area contributed by atoms with E-state index in [9.17, 15) is 4.79 Å². The molecule has 0 spiro atoms. The van der Waals surface area contributed by atoms with E-state index in [4.69, 9.17) is 0 Å². The Morgan fingerprint density at radius 1 is 1.28 bits per heavy atom. The first-order valence-electron chi connectivity index (χ1n) is 6.42. The van der Waals surface area contributed by atoms with Gasteiger partial charge >= 0.3 is 0 Å². The van der Waals surface area contributed by atoms with Gasteiger partial charge in [0.05, 0.1) is 0 Å². The zero-order chi connectivity index (χ0) is 12.8. The largest absolute Gasteiger partial charge is 0.335 e. The van der Waals surface area contributed by atoms with Gasteiger partial charge in [-0.05, 0) is 18.4 Å². The third-order valence-electron chi connectivity index (χ3n) is 3.02. The van der Waals surface area contributed by atoms with Gasteiger partial charge in [-0.3, -0.25) is 4.79 Å². The fourth-order valence-electron chi connectivity index (χ4n) is 1.88. The van der Waals surface area contributed by atoms with Gasteiger partial charge in [0, 0.05) is 19.0 Å².